The van der Waals surface area contributed by atoms with E-state index in [2.05, 4.69) is 10.6 Å². The second-order valence-corrected chi connectivity index (χ2v) is 6.67. The Balaban J connectivity index is 2.62. The number of sulfonamides is 1. The number of benzene rings is 1. The summed E-state index contributed by atoms with van der Waals surface area (Å²) >= 11 is 0. The molecule has 0 atom stereocenters. The highest BCUT2D eigenvalue weighted by atomic mass is 32.2. The lowest BCUT2D eigenvalue weighted by molar-refractivity contribution is -0.119. The Hall–Kier alpha value is -1.60. The van der Waals surface area contributed by atoms with Crippen molar-refractivity contribution >= 4 is 21.6 Å². The van der Waals surface area contributed by atoms with Crippen molar-refractivity contribution in [2.24, 2.45) is 0 Å². The molecule has 1 rings (SSSR count). The fourth-order valence-electron chi connectivity index (χ4n) is 1.46. The lowest BCUT2D eigenvalue weighted by Gasteiger charge is -2.12. The molecule has 7 heteroatoms. The van der Waals surface area contributed by atoms with Gasteiger partial charge in [-0.05, 0) is 30.7 Å². The molecule has 2 N–H and O–H groups in total. The van der Waals surface area contributed by atoms with Crippen LogP contribution in [0, 0.1) is 0 Å². The second kappa shape index (κ2) is 7.25. The minimum Gasteiger partial charge on any atom is -0.376 e. The van der Waals surface area contributed by atoms with E-state index in [4.69, 9.17) is 0 Å². The molecule has 0 fully saturated rings. The molecule has 0 bridgehead atoms. The summed E-state index contributed by atoms with van der Waals surface area (Å²) in [4.78, 5) is 11.6. The highest BCUT2D eigenvalue weighted by Crippen LogP contribution is 2.16. The first kappa shape index (κ1) is 16.5. The van der Waals surface area contributed by atoms with Crippen LogP contribution in [0.1, 0.15) is 13.3 Å². The van der Waals surface area contributed by atoms with Gasteiger partial charge in [0.1, 0.15) is 0 Å². The lowest BCUT2D eigenvalue weighted by atomic mass is 10.3. The maximum absolute atomic E-state index is 11.9. The van der Waals surface area contributed by atoms with Gasteiger partial charge in [-0.2, -0.15) is 0 Å². The Bertz CT molecular complexity index is 538. The summed E-state index contributed by atoms with van der Waals surface area (Å²) in [5.41, 5.74) is 0.703. The van der Waals surface area contributed by atoms with E-state index in [0.29, 0.717) is 12.2 Å². The van der Waals surface area contributed by atoms with Crippen LogP contribution in [-0.2, 0) is 14.8 Å². The van der Waals surface area contributed by atoms with Crippen molar-refractivity contribution in [3.05, 3.63) is 24.3 Å². The van der Waals surface area contributed by atoms with Crippen molar-refractivity contribution in [3.63, 3.8) is 0 Å². The molecule has 0 saturated heterocycles. The predicted octanol–water partition coefficient (Wildman–Crippen LogP) is 0.875. The molecule has 0 saturated carbocycles. The number of amides is 1. The predicted molar refractivity (Wildman–Crippen MR) is 79.1 cm³/mol. The first-order valence-corrected chi connectivity index (χ1v) is 7.85. The third-order valence-electron chi connectivity index (χ3n) is 2.66. The van der Waals surface area contributed by atoms with Crippen LogP contribution in [-0.4, -0.2) is 45.8 Å². The van der Waals surface area contributed by atoms with Gasteiger partial charge in [0.05, 0.1) is 11.4 Å². The van der Waals surface area contributed by atoms with Crippen LogP contribution in [0.15, 0.2) is 29.2 Å². The van der Waals surface area contributed by atoms with Gasteiger partial charge in [0.15, 0.2) is 0 Å². The van der Waals surface area contributed by atoms with Crippen LogP contribution in [0.4, 0.5) is 5.69 Å². The molecule has 0 heterocycles. The summed E-state index contributed by atoms with van der Waals surface area (Å²) in [6.45, 7) is 2.80. The normalized spacial score (nSPS) is 11.4. The van der Waals surface area contributed by atoms with Crippen LogP contribution < -0.4 is 10.6 Å². The highest BCUT2D eigenvalue weighted by Gasteiger charge is 2.16. The van der Waals surface area contributed by atoms with Crippen LogP contribution in [0.3, 0.4) is 0 Å². The molecule has 0 spiro atoms. The average molecular weight is 299 g/mol. The van der Waals surface area contributed by atoms with Gasteiger partial charge in [-0.1, -0.05) is 6.92 Å². The smallest absolute Gasteiger partial charge is 0.242 e. The molecule has 1 amide bonds. The third kappa shape index (κ3) is 4.50. The number of carbonyl (C=O) groups excluding carboxylic acids is 1. The van der Waals surface area contributed by atoms with Crippen LogP contribution in [0.5, 0.6) is 0 Å². The Morgan fingerprint density at radius 3 is 2.30 bits per heavy atom. The fourth-order valence-corrected chi connectivity index (χ4v) is 2.37. The zero-order valence-electron chi connectivity index (χ0n) is 12.0. The van der Waals surface area contributed by atoms with Crippen molar-refractivity contribution in [1.29, 1.82) is 0 Å². The monoisotopic (exact) mass is 299 g/mol. The Morgan fingerprint density at radius 1 is 1.20 bits per heavy atom. The van der Waals surface area contributed by atoms with Crippen molar-refractivity contribution in [1.82, 2.24) is 9.62 Å². The first-order valence-electron chi connectivity index (χ1n) is 6.41. The van der Waals surface area contributed by atoms with E-state index in [1.54, 1.807) is 12.1 Å². The van der Waals surface area contributed by atoms with Gasteiger partial charge in [-0.3, -0.25) is 4.79 Å². The first-order chi connectivity index (χ1) is 9.37. The summed E-state index contributed by atoms with van der Waals surface area (Å²) in [7, 11) is -0.439. The van der Waals surface area contributed by atoms with E-state index in [1.165, 1.54) is 26.2 Å². The number of carbonyl (C=O) groups is 1. The van der Waals surface area contributed by atoms with Gasteiger partial charge in [0.25, 0.3) is 0 Å². The molecule has 0 unspecified atom stereocenters. The molecular formula is C13H21N3O3S. The van der Waals surface area contributed by atoms with E-state index >= 15 is 0 Å². The molecule has 1 aromatic carbocycles. The van der Waals surface area contributed by atoms with E-state index in [9.17, 15) is 13.2 Å². The van der Waals surface area contributed by atoms with Gasteiger partial charge >= 0.3 is 0 Å². The molecule has 0 aromatic heterocycles. The summed E-state index contributed by atoms with van der Waals surface area (Å²) in [5, 5.41) is 5.69. The van der Waals surface area contributed by atoms with Crippen molar-refractivity contribution < 1.29 is 13.2 Å². The standard InChI is InChI=1S/C13H21N3O3S/c1-4-9-14-13(17)10-15-11-5-7-12(8-6-11)20(18,19)16(2)3/h5-8,15H,4,9-10H2,1-3H3,(H,14,17). The highest BCUT2D eigenvalue weighted by molar-refractivity contribution is 7.89. The minimum atomic E-state index is -3.41. The quantitative estimate of drug-likeness (QED) is 0.783. The number of nitrogens with one attached hydrogen (secondary N) is 2. The molecule has 1 aromatic rings. The zero-order valence-corrected chi connectivity index (χ0v) is 12.8. The van der Waals surface area contributed by atoms with Gasteiger partial charge in [0.2, 0.25) is 15.9 Å². The van der Waals surface area contributed by atoms with E-state index in [0.717, 1.165) is 10.7 Å². The van der Waals surface area contributed by atoms with Crippen molar-refractivity contribution in [3.8, 4) is 0 Å². The minimum absolute atomic E-state index is 0.0863. The third-order valence-corrected chi connectivity index (χ3v) is 4.49. The SMILES string of the molecule is CCCNC(=O)CNc1ccc(S(=O)(=O)N(C)C)cc1. The Kier molecular flexibility index (Phi) is 5.97. The molecular weight excluding hydrogens is 278 g/mol. The number of rotatable bonds is 7. The Labute approximate surface area is 120 Å². The van der Waals surface area contributed by atoms with Gasteiger partial charge in [-0.25, -0.2) is 12.7 Å². The Morgan fingerprint density at radius 2 is 1.80 bits per heavy atom. The molecule has 0 aliphatic heterocycles. The molecule has 6 nitrogen and oxygen atoms in total. The van der Waals surface area contributed by atoms with Crippen LogP contribution in [0.25, 0.3) is 0 Å². The zero-order chi connectivity index (χ0) is 15.2. The van der Waals surface area contributed by atoms with Gasteiger partial charge in [-0.15, -0.1) is 0 Å². The van der Waals surface area contributed by atoms with E-state index < -0.39 is 10.0 Å². The summed E-state index contributed by atoms with van der Waals surface area (Å²) in [6.07, 6.45) is 0.892. The summed E-state index contributed by atoms with van der Waals surface area (Å²) in [5.74, 6) is -0.0863. The van der Waals surface area contributed by atoms with Gasteiger partial charge in [0, 0.05) is 26.3 Å². The van der Waals surface area contributed by atoms with Gasteiger partial charge < -0.3 is 10.6 Å². The lowest BCUT2D eigenvalue weighted by Crippen LogP contribution is -2.30. The molecule has 112 valence electrons. The summed E-state index contributed by atoms with van der Waals surface area (Å²) < 4.78 is 24.9. The second-order valence-electron chi connectivity index (χ2n) is 4.52. The van der Waals surface area contributed by atoms with Crippen LogP contribution in [0.2, 0.25) is 0 Å². The van der Waals surface area contributed by atoms with E-state index in [-0.39, 0.29) is 17.3 Å². The molecule has 0 aliphatic carbocycles. The maximum Gasteiger partial charge on any atom is 0.242 e. The van der Waals surface area contributed by atoms with Crippen molar-refractivity contribution in [2.45, 2.75) is 18.2 Å². The molecule has 20 heavy (non-hydrogen) atoms. The number of anilines is 1. The number of hydrogen-bond donors (Lipinski definition) is 2. The topological polar surface area (TPSA) is 78.5 Å². The maximum atomic E-state index is 11.9. The van der Waals surface area contributed by atoms with Crippen LogP contribution >= 0.6 is 0 Å². The average Bonchev–Trinajstić information content (AvgIpc) is 2.43. The largest absolute Gasteiger partial charge is 0.376 e. The molecule has 0 radical (unpaired) electrons. The summed E-state index contributed by atoms with van der Waals surface area (Å²) in [6, 6.07) is 6.32. The van der Waals surface area contributed by atoms with E-state index in [1.807, 2.05) is 6.92 Å². The number of hydrogen-bond acceptors (Lipinski definition) is 4. The number of nitrogens with zero attached hydrogens (tertiary/aromatic N) is 1. The molecule has 0 aliphatic rings. The van der Waals surface area contributed by atoms with Crippen molar-refractivity contribution in [2.75, 3.05) is 32.5 Å². The fraction of sp³-hybridized carbons (Fsp3) is 0.462.